The molecule has 5 rings (SSSR count). The molecule has 1 amide bonds. The molecule has 0 spiro atoms. The number of furan rings is 1. The van der Waals surface area contributed by atoms with Gasteiger partial charge in [0.05, 0.1) is 12.9 Å². The van der Waals surface area contributed by atoms with Crippen LogP contribution in [0.4, 0.5) is 5.69 Å². The van der Waals surface area contributed by atoms with Crippen LogP contribution in [0.2, 0.25) is 0 Å². The molecule has 180 valence electrons. The summed E-state index contributed by atoms with van der Waals surface area (Å²) in [4.78, 5) is 14.0. The molecule has 0 radical (unpaired) electrons. The Hall–Kier alpha value is -3.96. The largest absolute Gasteiger partial charge is 0.493 e. The summed E-state index contributed by atoms with van der Waals surface area (Å²) in [5.74, 6) is 0.504. The predicted molar refractivity (Wildman–Crippen MR) is 151 cm³/mol. The van der Waals surface area contributed by atoms with E-state index in [1.807, 2.05) is 62.6 Å². The quantitative estimate of drug-likeness (QED) is 0.183. The Bertz CT molecular complexity index is 1590. The number of rotatable bonds is 7. The number of hydrogen-bond acceptors (Lipinski definition) is 4. The number of allylic oxidation sites excluding steroid dienone is 1. The lowest BCUT2D eigenvalue weighted by atomic mass is 9.96. The monoisotopic (exact) mass is 493 g/mol. The first kappa shape index (κ1) is 23.8. The summed E-state index contributed by atoms with van der Waals surface area (Å²) in [6.07, 6.45) is 5.43. The van der Waals surface area contributed by atoms with Crippen LogP contribution in [-0.2, 0) is 4.79 Å². The van der Waals surface area contributed by atoms with Gasteiger partial charge in [0.15, 0.2) is 0 Å². The fraction of sp³-hybridized carbons (Fsp3) is 0.129. The van der Waals surface area contributed by atoms with Crippen LogP contribution in [0.5, 0.6) is 5.75 Å². The predicted octanol–water partition coefficient (Wildman–Crippen LogP) is 8.42. The summed E-state index contributed by atoms with van der Waals surface area (Å²) in [7, 11) is 0. The van der Waals surface area contributed by atoms with E-state index in [0.717, 1.165) is 49.2 Å². The van der Waals surface area contributed by atoms with Gasteiger partial charge in [-0.1, -0.05) is 48.5 Å². The molecule has 36 heavy (non-hydrogen) atoms. The summed E-state index contributed by atoms with van der Waals surface area (Å²) in [6.45, 7) is 4.39. The highest BCUT2D eigenvalue weighted by Crippen LogP contribution is 2.39. The van der Waals surface area contributed by atoms with E-state index in [1.165, 1.54) is 5.39 Å². The average Bonchev–Trinajstić information content (AvgIpc) is 3.30. The Kier molecular flexibility index (Phi) is 6.83. The van der Waals surface area contributed by atoms with Crippen LogP contribution in [0.1, 0.15) is 19.4 Å². The molecule has 0 aliphatic heterocycles. The first-order valence-electron chi connectivity index (χ1n) is 11.9. The second-order valence-corrected chi connectivity index (χ2v) is 9.38. The second-order valence-electron chi connectivity index (χ2n) is 8.50. The van der Waals surface area contributed by atoms with Crippen molar-refractivity contribution in [1.29, 1.82) is 0 Å². The lowest BCUT2D eigenvalue weighted by molar-refractivity contribution is -0.111. The number of ether oxygens (including phenoxy) is 1. The second kappa shape index (κ2) is 10.3. The van der Waals surface area contributed by atoms with Crippen LogP contribution in [-0.4, -0.2) is 18.8 Å². The van der Waals surface area contributed by atoms with Crippen molar-refractivity contribution in [3.63, 3.8) is 0 Å². The van der Waals surface area contributed by atoms with Gasteiger partial charge in [0.25, 0.3) is 0 Å². The molecule has 1 N–H and O–H groups in total. The number of benzene rings is 4. The van der Waals surface area contributed by atoms with Gasteiger partial charge in [0.2, 0.25) is 5.91 Å². The summed E-state index contributed by atoms with van der Waals surface area (Å²) < 4.78 is 11.9. The molecule has 1 heterocycles. The molecule has 5 heteroatoms. The summed E-state index contributed by atoms with van der Waals surface area (Å²) in [6, 6.07) is 26.4. The molecule has 0 saturated heterocycles. The lowest BCUT2D eigenvalue weighted by Gasteiger charge is -2.12. The fourth-order valence-electron chi connectivity index (χ4n) is 4.46. The van der Waals surface area contributed by atoms with Gasteiger partial charge in [-0.05, 0) is 66.3 Å². The first-order chi connectivity index (χ1) is 17.6. The van der Waals surface area contributed by atoms with Crippen LogP contribution >= 0.6 is 11.8 Å². The van der Waals surface area contributed by atoms with Gasteiger partial charge in [0, 0.05) is 39.2 Å². The standard InChI is InChI=1S/C31H27NO3S/c1-4-34-29-18-30-27(28(19-35-30)25-14-7-10-21-9-5-6-13-24(21)25)17-26(29)20(2)15-31(33)32-22-11-8-12-23(16-22)36-3/h5-19H,4H2,1-3H3,(H,32,33)/b20-15+. The number of nitrogens with one attached hydrogen (secondary N) is 1. The van der Waals surface area contributed by atoms with E-state index in [1.54, 1.807) is 24.1 Å². The van der Waals surface area contributed by atoms with Gasteiger partial charge in [-0.25, -0.2) is 0 Å². The Morgan fingerprint density at radius 1 is 0.972 bits per heavy atom. The van der Waals surface area contributed by atoms with Crippen LogP contribution < -0.4 is 10.1 Å². The Morgan fingerprint density at radius 2 is 1.78 bits per heavy atom. The third-order valence-corrected chi connectivity index (χ3v) is 6.89. The molecule has 4 nitrogen and oxygen atoms in total. The van der Waals surface area contributed by atoms with E-state index in [9.17, 15) is 4.79 Å². The minimum atomic E-state index is -0.185. The Labute approximate surface area is 215 Å². The van der Waals surface area contributed by atoms with Crippen molar-refractivity contribution in [3.05, 3.63) is 96.8 Å². The number of carbonyl (C=O) groups is 1. The van der Waals surface area contributed by atoms with E-state index < -0.39 is 0 Å². The molecule has 5 aromatic rings. The SMILES string of the molecule is CCOc1cc2occ(-c3cccc4ccccc34)c2cc1/C(C)=C/C(=O)Nc1cccc(SC)c1. The molecule has 0 aliphatic carbocycles. The first-order valence-corrected chi connectivity index (χ1v) is 13.1. The maximum absolute atomic E-state index is 12.9. The third-order valence-electron chi connectivity index (χ3n) is 6.17. The highest BCUT2D eigenvalue weighted by atomic mass is 32.2. The summed E-state index contributed by atoms with van der Waals surface area (Å²) in [5, 5.41) is 6.29. The smallest absolute Gasteiger partial charge is 0.248 e. The topological polar surface area (TPSA) is 51.5 Å². The van der Waals surface area contributed by atoms with Crippen molar-refractivity contribution in [1.82, 2.24) is 0 Å². The van der Waals surface area contributed by atoms with E-state index in [4.69, 9.17) is 9.15 Å². The maximum Gasteiger partial charge on any atom is 0.248 e. The molecule has 1 aromatic heterocycles. The Balaban J connectivity index is 1.56. The van der Waals surface area contributed by atoms with E-state index in [0.29, 0.717) is 12.4 Å². The van der Waals surface area contributed by atoms with Crippen molar-refractivity contribution in [3.8, 4) is 16.9 Å². The number of hydrogen-bond donors (Lipinski definition) is 1. The molecule has 0 saturated carbocycles. The van der Waals surface area contributed by atoms with Gasteiger partial charge in [-0.3, -0.25) is 4.79 Å². The van der Waals surface area contributed by atoms with Gasteiger partial charge < -0.3 is 14.5 Å². The van der Waals surface area contributed by atoms with Crippen molar-refractivity contribution in [2.24, 2.45) is 0 Å². The van der Waals surface area contributed by atoms with Crippen LogP contribution in [0.15, 0.2) is 101 Å². The van der Waals surface area contributed by atoms with Gasteiger partial charge >= 0.3 is 0 Å². The van der Waals surface area contributed by atoms with Crippen molar-refractivity contribution < 1.29 is 13.9 Å². The molecule has 0 fully saturated rings. The molecular weight excluding hydrogens is 466 g/mol. The minimum Gasteiger partial charge on any atom is -0.493 e. The van der Waals surface area contributed by atoms with Crippen LogP contribution in [0.3, 0.4) is 0 Å². The number of fused-ring (bicyclic) bond motifs is 2. The average molecular weight is 494 g/mol. The van der Waals surface area contributed by atoms with Crippen molar-refractivity contribution in [2.45, 2.75) is 18.7 Å². The summed E-state index contributed by atoms with van der Waals surface area (Å²) in [5.41, 5.74) is 5.30. The number of thioether (sulfide) groups is 1. The minimum absolute atomic E-state index is 0.185. The lowest BCUT2D eigenvalue weighted by Crippen LogP contribution is -2.08. The zero-order valence-corrected chi connectivity index (χ0v) is 21.3. The van der Waals surface area contributed by atoms with E-state index in [-0.39, 0.29) is 5.91 Å². The van der Waals surface area contributed by atoms with Gasteiger partial charge in [0.1, 0.15) is 11.3 Å². The zero-order valence-electron chi connectivity index (χ0n) is 20.5. The molecular formula is C31H27NO3S. The fourth-order valence-corrected chi connectivity index (χ4v) is 4.92. The highest BCUT2D eigenvalue weighted by molar-refractivity contribution is 7.98. The maximum atomic E-state index is 12.9. The Morgan fingerprint density at radius 3 is 2.61 bits per heavy atom. The van der Waals surface area contributed by atoms with Crippen molar-refractivity contribution in [2.75, 3.05) is 18.2 Å². The van der Waals surface area contributed by atoms with Gasteiger partial charge in [-0.2, -0.15) is 0 Å². The molecule has 4 aromatic carbocycles. The van der Waals surface area contributed by atoms with E-state index >= 15 is 0 Å². The highest BCUT2D eigenvalue weighted by Gasteiger charge is 2.16. The number of amides is 1. The van der Waals surface area contributed by atoms with Gasteiger partial charge in [-0.15, -0.1) is 11.8 Å². The zero-order chi connectivity index (χ0) is 25.1. The summed E-state index contributed by atoms with van der Waals surface area (Å²) >= 11 is 1.64. The van der Waals surface area contributed by atoms with Crippen LogP contribution in [0, 0.1) is 0 Å². The molecule has 0 bridgehead atoms. The molecule has 0 atom stereocenters. The van der Waals surface area contributed by atoms with E-state index in [2.05, 4.69) is 41.7 Å². The normalized spacial score (nSPS) is 11.7. The number of anilines is 1. The molecule has 0 unspecified atom stereocenters. The third kappa shape index (κ3) is 4.75. The number of carbonyl (C=O) groups excluding carboxylic acids is 1. The molecule has 0 aliphatic rings. The van der Waals surface area contributed by atoms with Crippen LogP contribution in [0.25, 0.3) is 38.4 Å². The van der Waals surface area contributed by atoms with Crippen molar-refractivity contribution >= 4 is 50.7 Å².